The third-order valence-electron chi connectivity index (χ3n) is 10.5. The molecule has 2 aliphatic carbocycles. The minimum atomic E-state index is -0.982. The van der Waals surface area contributed by atoms with Crippen molar-refractivity contribution < 1.29 is 19.4 Å². The van der Waals surface area contributed by atoms with Crippen LogP contribution < -0.4 is 32.7 Å². The van der Waals surface area contributed by atoms with Gasteiger partial charge < -0.3 is 57.4 Å². The minimum absolute atomic E-state index is 0.198. The Balaban J connectivity index is 0.000000172. The van der Waals surface area contributed by atoms with E-state index in [2.05, 4.69) is 61.1 Å². The number of likely N-dealkylation sites (tertiary alicyclic amines) is 1. The number of carboxylic acid groups (broad SMARTS) is 1. The summed E-state index contributed by atoms with van der Waals surface area (Å²) in [5.41, 5.74) is 14.7. The zero-order chi connectivity index (χ0) is 39.0. The first kappa shape index (κ1) is 38.5. The number of hydrogen-bond donors (Lipinski definition) is 9. The molecule has 3 fully saturated rings. The van der Waals surface area contributed by atoms with Gasteiger partial charge in [-0.2, -0.15) is 15.0 Å². The molecule has 0 unspecified atom stereocenters. The predicted octanol–water partition coefficient (Wildman–Crippen LogP) is 4.50. The van der Waals surface area contributed by atoms with Crippen LogP contribution in [-0.2, 0) is 4.74 Å². The molecule has 11 N–H and O–H groups in total. The van der Waals surface area contributed by atoms with Gasteiger partial charge in [0.1, 0.15) is 17.8 Å². The molecule has 19 heteroatoms. The molecule has 0 bridgehead atoms. The second-order valence-corrected chi connectivity index (χ2v) is 14.6. The molecule has 3 aliphatic heterocycles. The number of fused-ring (bicyclic) bond motifs is 2. The number of rotatable bonds is 10. The summed E-state index contributed by atoms with van der Waals surface area (Å²) < 4.78 is 5.09. The average Bonchev–Trinajstić information content (AvgIpc) is 3.88. The summed E-state index contributed by atoms with van der Waals surface area (Å²) in [6.07, 6.45) is 12.6. The van der Waals surface area contributed by atoms with Gasteiger partial charge in [0.2, 0.25) is 11.9 Å². The van der Waals surface area contributed by atoms with Gasteiger partial charge in [-0.05, 0) is 89.3 Å². The van der Waals surface area contributed by atoms with Crippen molar-refractivity contribution in [2.45, 2.75) is 101 Å². The number of carbonyl (C=O) groups excluding carboxylic acids is 1. The standard InChI is InChI=1S/C19H30N8O2.C18H21N7O2/c1-2-29-19(28)27-9-7-14(8-10-27)23-17-15-16(22-11-21-15)25-18(26-17)24-13-5-3-12(20)4-6-13;19-11-4-6-12(7-5-11)23-18-24-15-14(20-9-21-15)16(25-18)22-13-3-1-2-10(8-13)17(26)27/h11-14H,2-10,20H2,1H3,(H3,21,22,23,24,25,26);1-3,8-9,11-12H,4-7,19H2,(H,26,27)(H3,20,21,22,23,24,25)/t12-,13-;11-,12-. The molecule has 5 heterocycles. The highest BCUT2D eigenvalue weighted by molar-refractivity contribution is 5.90. The zero-order valence-corrected chi connectivity index (χ0v) is 31.5. The largest absolute Gasteiger partial charge is 0.478 e. The van der Waals surface area contributed by atoms with Crippen LogP contribution in [0.2, 0.25) is 0 Å². The fraction of sp³-hybridized carbons (Fsp3) is 0.514. The topological polar surface area (TPSA) is 276 Å². The number of H-pyrrole nitrogens is 2. The molecule has 1 amide bonds. The number of carboxylic acids is 1. The number of ether oxygens (including phenoxy) is 1. The highest BCUT2D eigenvalue weighted by Gasteiger charge is 2.27. The fourth-order valence-corrected chi connectivity index (χ4v) is 7.39. The number of aromatic amines is 2. The lowest BCUT2D eigenvalue weighted by Gasteiger charge is -2.32. The van der Waals surface area contributed by atoms with Crippen molar-refractivity contribution in [1.82, 2.24) is 44.8 Å². The third kappa shape index (κ3) is 9.69. The lowest BCUT2D eigenvalue weighted by atomic mass is 9.92. The van der Waals surface area contributed by atoms with Crippen molar-refractivity contribution in [2.24, 2.45) is 11.5 Å². The summed E-state index contributed by atoms with van der Waals surface area (Å²) in [5.74, 6) is 2.17. The van der Waals surface area contributed by atoms with E-state index in [1.54, 1.807) is 35.5 Å². The lowest BCUT2D eigenvalue weighted by Crippen LogP contribution is -2.42. The Kier molecular flexibility index (Phi) is 12.2. The van der Waals surface area contributed by atoms with Crippen LogP contribution in [-0.4, -0.2) is 112 Å². The molecular formula is C37H51N15O4. The highest BCUT2D eigenvalue weighted by Crippen LogP contribution is 2.29. The van der Waals surface area contributed by atoms with Crippen molar-refractivity contribution in [2.75, 3.05) is 41.0 Å². The summed E-state index contributed by atoms with van der Waals surface area (Å²) in [6, 6.07) is 8.02. The second kappa shape index (κ2) is 17.8. The van der Waals surface area contributed by atoms with Gasteiger partial charge in [0, 0.05) is 49.0 Å². The molecule has 1 saturated heterocycles. The molecule has 5 aliphatic rings. The number of imidazole rings is 2. The normalized spacial score (nSPS) is 21.5. The quantitative estimate of drug-likeness (QED) is 0.0946. The van der Waals surface area contributed by atoms with Gasteiger partial charge in [-0.15, -0.1) is 0 Å². The lowest BCUT2D eigenvalue weighted by molar-refractivity contribution is 0.0696. The van der Waals surface area contributed by atoms with Crippen molar-refractivity contribution in [1.29, 1.82) is 0 Å². The van der Waals surface area contributed by atoms with Crippen molar-refractivity contribution >= 4 is 52.4 Å². The molecule has 19 nitrogen and oxygen atoms in total. The van der Waals surface area contributed by atoms with Gasteiger partial charge in [-0.1, -0.05) is 6.07 Å². The summed E-state index contributed by atoms with van der Waals surface area (Å²) in [6.45, 7) is 3.57. The molecule has 3 aromatic rings. The summed E-state index contributed by atoms with van der Waals surface area (Å²) in [7, 11) is 0. The van der Waals surface area contributed by atoms with E-state index in [0.29, 0.717) is 72.2 Å². The first-order chi connectivity index (χ1) is 27.2. The van der Waals surface area contributed by atoms with Crippen LogP contribution >= 0.6 is 0 Å². The minimum Gasteiger partial charge on any atom is -0.478 e. The maximum Gasteiger partial charge on any atom is 0.409 e. The maximum atomic E-state index is 11.9. The van der Waals surface area contributed by atoms with Gasteiger partial charge in [-0.25, -0.2) is 24.5 Å². The number of amides is 1. The molecule has 56 heavy (non-hydrogen) atoms. The van der Waals surface area contributed by atoms with E-state index in [4.69, 9.17) is 21.3 Å². The Labute approximate surface area is 324 Å². The van der Waals surface area contributed by atoms with Crippen molar-refractivity contribution in [3.63, 3.8) is 0 Å². The van der Waals surface area contributed by atoms with Gasteiger partial charge in [0.25, 0.3) is 0 Å². The van der Waals surface area contributed by atoms with E-state index in [1.807, 2.05) is 6.92 Å². The zero-order valence-electron chi connectivity index (χ0n) is 31.5. The number of piperidine rings is 1. The van der Waals surface area contributed by atoms with Crippen LogP contribution in [0.25, 0.3) is 22.7 Å². The molecule has 8 rings (SSSR count). The summed E-state index contributed by atoms with van der Waals surface area (Å²) >= 11 is 0. The second-order valence-electron chi connectivity index (χ2n) is 14.6. The molecule has 1 aromatic carbocycles. The van der Waals surface area contributed by atoms with Crippen molar-refractivity contribution in [3.8, 4) is 11.5 Å². The highest BCUT2D eigenvalue weighted by atomic mass is 16.6. The average molecular weight is 770 g/mol. The molecule has 0 radical (unpaired) electrons. The van der Waals surface area contributed by atoms with Gasteiger partial charge in [-0.3, -0.25) is 0 Å². The Morgan fingerprint density at radius 3 is 2.27 bits per heavy atom. The van der Waals surface area contributed by atoms with Crippen LogP contribution in [0.15, 0.2) is 36.9 Å². The molecular weight excluding hydrogens is 719 g/mol. The number of carbonyl (C=O) groups is 2. The number of aromatic nitrogens is 8. The predicted molar refractivity (Wildman–Crippen MR) is 212 cm³/mol. The molecule has 298 valence electrons. The molecule has 0 atom stereocenters. The van der Waals surface area contributed by atoms with E-state index in [9.17, 15) is 9.59 Å². The molecule has 2 saturated carbocycles. The number of nitrogens with zero attached hydrogens (tertiary/aromatic N) is 7. The number of benzene rings is 1. The van der Waals surface area contributed by atoms with Crippen LogP contribution in [0.1, 0.15) is 81.5 Å². The maximum absolute atomic E-state index is 11.9. The van der Waals surface area contributed by atoms with Crippen LogP contribution in [0.3, 0.4) is 0 Å². The first-order valence-corrected chi connectivity index (χ1v) is 19.5. The number of aromatic carboxylic acids is 1. The smallest absolute Gasteiger partial charge is 0.409 e. The fourth-order valence-electron chi connectivity index (χ4n) is 7.39. The van der Waals surface area contributed by atoms with Crippen molar-refractivity contribution in [3.05, 3.63) is 42.5 Å². The summed E-state index contributed by atoms with van der Waals surface area (Å²) in [5, 5.41) is 22.8. The van der Waals surface area contributed by atoms with E-state index < -0.39 is 5.97 Å². The molecule has 2 aromatic heterocycles. The summed E-state index contributed by atoms with van der Waals surface area (Å²) in [4.78, 5) is 57.7. The van der Waals surface area contributed by atoms with E-state index in [1.165, 1.54) is 6.33 Å². The number of hydrogen-bond acceptors (Lipinski definition) is 15. The van der Waals surface area contributed by atoms with Gasteiger partial charge in [0.05, 0.1) is 18.5 Å². The number of nitrogens with two attached hydrogens (primary N) is 2. The number of nitrogens with one attached hydrogen (secondary N) is 6. The van der Waals surface area contributed by atoms with Gasteiger partial charge in [0.15, 0.2) is 22.8 Å². The van der Waals surface area contributed by atoms with E-state index >= 15 is 0 Å². The third-order valence-corrected chi connectivity index (χ3v) is 10.5. The van der Waals surface area contributed by atoms with E-state index in [0.717, 1.165) is 75.7 Å². The first-order valence-electron chi connectivity index (χ1n) is 19.5. The molecule has 0 spiro atoms. The van der Waals surface area contributed by atoms with Crippen LogP contribution in [0, 0.1) is 0 Å². The van der Waals surface area contributed by atoms with Gasteiger partial charge >= 0.3 is 12.1 Å². The Morgan fingerprint density at radius 2 is 1.57 bits per heavy atom. The van der Waals surface area contributed by atoms with Crippen LogP contribution in [0.4, 0.5) is 34.0 Å². The van der Waals surface area contributed by atoms with Crippen LogP contribution in [0.5, 0.6) is 0 Å². The SMILES string of the molecule is CCOC(=O)N1CCC(Nc2[nH]c(N[C@H]3CC[C@H](N)CC3)nc3ncnc2-3)CC1.N[C@H]1CC[C@H](Nc2nc(Nc3cccc(C(=O)O)c3)c3nc[nH]c3n2)CC1. The Hall–Kier alpha value is -5.82. The monoisotopic (exact) mass is 769 g/mol. The van der Waals surface area contributed by atoms with E-state index in [-0.39, 0.29) is 29.8 Å². The Morgan fingerprint density at radius 1 is 0.875 bits per heavy atom. The number of anilines is 5. The Bertz CT molecular complexity index is 2030.